The number of carbonyl (C=O) groups is 2. The lowest BCUT2D eigenvalue weighted by Crippen LogP contribution is -2.55. The summed E-state index contributed by atoms with van der Waals surface area (Å²) >= 11 is 0. The van der Waals surface area contributed by atoms with E-state index in [0.717, 1.165) is 5.56 Å². The van der Waals surface area contributed by atoms with Crippen molar-refractivity contribution in [3.63, 3.8) is 0 Å². The largest absolute Gasteiger partial charge is 0.484 e. The van der Waals surface area contributed by atoms with Gasteiger partial charge in [-0.3, -0.25) is 4.79 Å². The standard InChI is InChI=1S/C18H26N2O5/c1-18(2,3)25-17(23)20-14-8-13(9-14)19-16(22)11-24-15-6-4-5-12(7-15)10-21/h4-7,13-14,21H,8-11H2,1-3H3,(H,19,22)(H,20,23). The molecule has 0 bridgehead atoms. The molecule has 3 N–H and O–H groups in total. The molecule has 1 aliphatic carbocycles. The van der Waals surface area contributed by atoms with Gasteiger partial charge in [0.2, 0.25) is 0 Å². The molecule has 1 aromatic carbocycles. The molecule has 1 aromatic rings. The summed E-state index contributed by atoms with van der Waals surface area (Å²) in [5.74, 6) is 0.329. The van der Waals surface area contributed by atoms with Crippen LogP contribution in [-0.2, 0) is 16.1 Å². The molecular weight excluding hydrogens is 324 g/mol. The highest BCUT2D eigenvalue weighted by Crippen LogP contribution is 2.21. The van der Waals surface area contributed by atoms with E-state index in [-0.39, 0.29) is 31.2 Å². The Morgan fingerprint density at radius 2 is 1.88 bits per heavy atom. The van der Waals surface area contributed by atoms with Crippen LogP contribution in [0, 0.1) is 0 Å². The van der Waals surface area contributed by atoms with Crippen LogP contribution in [-0.4, -0.2) is 41.4 Å². The SMILES string of the molecule is CC(C)(C)OC(=O)NC1CC(NC(=O)COc2cccc(CO)c2)C1. The van der Waals surface area contributed by atoms with Gasteiger partial charge in [0.05, 0.1) is 6.61 Å². The van der Waals surface area contributed by atoms with Crippen molar-refractivity contribution in [2.45, 2.75) is 57.9 Å². The fraction of sp³-hybridized carbons (Fsp3) is 0.556. The van der Waals surface area contributed by atoms with Crippen LogP contribution in [0.25, 0.3) is 0 Å². The van der Waals surface area contributed by atoms with Gasteiger partial charge < -0.3 is 25.2 Å². The van der Waals surface area contributed by atoms with Crippen molar-refractivity contribution in [1.29, 1.82) is 0 Å². The second kappa shape index (κ2) is 8.20. The number of hydrogen-bond donors (Lipinski definition) is 3. The average Bonchev–Trinajstić information content (AvgIpc) is 2.49. The average molecular weight is 350 g/mol. The number of amides is 2. The molecule has 2 rings (SSSR count). The Morgan fingerprint density at radius 1 is 1.20 bits per heavy atom. The number of aliphatic hydroxyl groups is 1. The van der Waals surface area contributed by atoms with E-state index in [0.29, 0.717) is 18.6 Å². The second-order valence-electron chi connectivity index (χ2n) is 7.17. The van der Waals surface area contributed by atoms with Crippen molar-refractivity contribution in [3.8, 4) is 5.75 Å². The maximum absolute atomic E-state index is 11.9. The molecule has 1 saturated carbocycles. The lowest BCUT2D eigenvalue weighted by molar-refractivity contribution is -0.124. The van der Waals surface area contributed by atoms with Crippen LogP contribution in [0.1, 0.15) is 39.2 Å². The summed E-state index contributed by atoms with van der Waals surface area (Å²) in [6, 6.07) is 7.01. The van der Waals surface area contributed by atoms with Crippen LogP contribution in [0.15, 0.2) is 24.3 Å². The molecule has 0 heterocycles. The van der Waals surface area contributed by atoms with Gasteiger partial charge in [-0.1, -0.05) is 12.1 Å². The fourth-order valence-electron chi connectivity index (χ4n) is 2.48. The minimum atomic E-state index is -0.522. The molecule has 138 valence electrons. The monoisotopic (exact) mass is 350 g/mol. The summed E-state index contributed by atoms with van der Waals surface area (Å²) in [5.41, 5.74) is 0.208. The van der Waals surface area contributed by atoms with E-state index >= 15 is 0 Å². The van der Waals surface area contributed by atoms with Gasteiger partial charge in [0, 0.05) is 12.1 Å². The van der Waals surface area contributed by atoms with E-state index in [9.17, 15) is 9.59 Å². The summed E-state index contributed by atoms with van der Waals surface area (Å²) < 4.78 is 10.6. The zero-order valence-electron chi connectivity index (χ0n) is 14.9. The maximum Gasteiger partial charge on any atom is 0.407 e. The van der Waals surface area contributed by atoms with Crippen LogP contribution >= 0.6 is 0 Å². The molecule has 0 saturated heterocycles. The second-order valence-corrected chi connectivity index (χ2v) is 7.17. The molecule has 2 amide bonds. The van der Waals surface area contributed by atoms with Gasteiger partial charge >= 0.3 is 6.09 Å². The van der Waals surface area contributed by atoms with Crippen molar-refractivity contribution in [3.05, 3.63) is 29.8 Å². The first kappa shape index (κ1) is 19.1. The van der Waals surface area contributed by atoms with Gasteiger partial charge in [-0.15, -0.1) is 0 Å². The van der Waals surface area contributed by atoms with Crippen LogP contribution in [0.3, 0.4) is 0 Å². The van der Waals surface area contributed by atoms with Crippen molar-refractivity contribution < 1.29 is 24.2 Å². The third kappa shape index (κ3) is 6.62. The minimum Gasteiger partial charge on any atom is -0.484 e. The van der Waals surface area contributed by atoms with E-state index in [1.807, 2.05) is 20.8 Å². The Labute approximate surface area is 147 Å². The Balaban J connectivity index is 1.64. The molecule has 0 atom stereocenters. The summed E-state index contributed by atoms with van der Waals surface area (Å²) in [4.78, 5) is 23.5. The Hall–Kier alpha value is -2.28. The summed E-state index contributed by atoms with van der Waals surface area (Å²) in [7, 11) is 0. The highest BCUT2D eigenvalue weighted by atomic mass is 16.6. The first-order chi connectivity index (χ1) is 11.7. The number of alkyl carbamates (subject to hydrolysis) is 1. The summed E-state index contributed by atoms with van der Waals surface area (Å²) in [6.45, 7) is 5.28. The molecule has 1 fully saturated rings. The Kier molecular flexibility index (Phi) is 6.25. The van der Waals surface area contributed by atoms with Crippen molar-refractivity contribution in [1.82, 2.24) is 10.6 Å². The highest BCUT2D eigenvalue weighted by molar-refractivity contribution is 5.78. The molecular formula is C18H26N2O5. The molecule has 7 nitrogen and oxygen atoms in total. The highest BCUT2D eigenvalue weighted by Gasteiger charge is 2.32. The minimum absolute atomic E-state index is 0.0160. The zero-order valence-corrected chi connectivity index (χ0v) is 14.9. The van der Waals surface area contributed by atoms with Gasteiger partial charge in [0.1, 0.15) is 11.4 Å². The topological polar surface area (TPSA) is 96.9 Å². The van der Waals surface area contributed by atoms with E-state index in [2.05, 4.69) is 10.6 Å². The van der Waals surface area contributed by atoms with E-state index in [1.54, 1.807) is 24.3 Å². The smallest absolute Gasteiger partial charge is 0.407 e. The molecule has 25 heavy (non-hydrogen) atoms. The fourth-order valence-corrected chi connectivity index (χ4v) is 2.48. The predicted molar refractivity (Wildman–Crippen MR) is 92.2 cm³/mol. The summed E-state index contributed by atoms with van der Waals surface area (Å²) in [5, 5.41) is 14.7. The lowest BCUT2D eigenvalue weighted by Gasteiger charge is -2.36. The van der Waals surface area contributed by atoms with Crippen molar-refractivity contribution in [2.75, 3.05) is 6.61 Å². The van der Waals surface area contributed by atoms with Gasteiger partial charge in [0.25, 0.3) is 5.91 Å². The number of hydrogen-bond acceptors (Lipinski definition) is 5. The predicted octanol–water partition coefficient (Wildman–Crippen LogP) is 1.73. The number of rotatable bonds is 6. The number of ether oxygens (including phenoxy) is 2. The summed E-state index contributed by atoms with van der Waals surface area (Å²) in [6.07, 6.45) is 0.907. The van der Waals surface area contributed by atoms with Crippen LogP contribution in [0.5, 0.6) is 5.75 Å². The van der Waals surface area contributed by atoms with Gasteiger partial charge in [-0.25, -0.2) is 4.79 Å². The molecule has 0 unspecified atom stereocenters. The molecule has 7 heteroatoms. The Bertz CT molecular complexity index is 606. The molecule has 1 aliphatic rings. The number of benzene rings is 1. The van der Waals surface area contributed by atoms with E-state index in [4.69, 9.17) is 14.6 Å². The number of nitrogens with one attached hydrogen (secondary N) is 2. The quantitative estimate of drug-likeness (QED) is 0.726. The Morgan fingerprint density at radius 3 is 2.52 bits per heavy atom. The first-order valence-corrected chi connectivity index (χ1v) is 8.36. The molecule has 0 radical (unpaired) electrons. The van der Waals surface area contributed by atoms with Crippen molar-refractivity contribution >= 4 is 12.0 Å². The lowest BCUT2D eigenvalue weighted by atomic mass is 9.87. The van der Waals surface area contributed by atoms with E-state index < -0.39 is 11.7 Å². The molecule has 0 spiro atoms. The van der Waals surface area contributed by atoms with Crippen molar-refractivity contribution in [2.24, 2.45) is 0 Å². The third-order valence-electron chi connectivity index (χ3n) is 3.67. The normalized spacial score (nSPS) is 19.5. The molecule has 0 aromatic heterocycles. The number of aliphatic hydroxyl groups excluding tert-OH is 1. The van der Waals surface area contributed by atoms with E-state index in [1.165, 1.54) is 0 Å². The van der Waals surface area contributed by atoms with Gasteiger partial charge in [0.15, 0.2) is 6.61 Å². The van der Waals surface area contributed by atoms with Gasteiger partial charge in [-0.2, -0.15) is 0 Å². The third-order valence-corrected chi connectivity index (χ3v) is 3.67. The zero-order chi connectivity index (χ0) is 18.4. The molecule has 0 aliphatic heterocycles. The van der Waals surface area contributed by atoms with Gasteiger partial charge in [-0.05, 0) is 51.3 Å². The maximum atomic E-state index is 11.9. The van der Waals surface area contributed by atoms with Crippen LogP contribution < -0.4 is 15.4 Å². The first-order valence-electron chi connectivity index (χ1n) is 8.36. The number of carbonyl (C=O) groups excluding carboxylic acids is 2. The van der Waals surface area contributed by atoms with Crippen LogP contribution in [0.2, 0.25) is 0 Å². The van der Waals surface area contributed by atoms with Crippen LogP contribution in [0.4, 0.5) is 4.79 Å².